The van der Waals surface area contributed by atoms with Gasteiger partial charge in [-0.2, -0.15) is 13.2 Å². The van der Waals surface area contributed by atoms with Gasteiger partial charge >= 0.3 is 6.18 Å². The number of alkyl halides is 3. The van der Waals surface area contributed by atoms with Crippen molar-refractivity contribution in [2.24, 2.45) is 0 Å². The van der Waals surface area contributed by atoms with Gasteiger partial charge in [0.15, 0.2) is 0 Å². The van der Waals surface area contributed by atoms with Crippen molar-refractivity contribution in [2.45, 2.75) is 39.0 Å². The quantitative estimate of drug-likeness (QED) is 0.818. The van der Waals surface area contributed by atoms with Crippen molar-refractivity contribution in [1.29, 1.82) is 0 Å². The number of aliphatic hydroxyl groups is 1. The van der Waals surface area contributed by atoms with Crippen LogP contribution in [0.1, 0.15) is 37.0 Å². The van der Waals surface area contributed by atoms with Gasteiger partial charge in [0, 0.05) is 12.0 Å². The first-order valence-electron chi connectivity index (χ1n) is 5.78. The molecule has 5 heteroatoms. The molecule has 0 saturated heterocycles. The van der Waals surface area contributed by atoms with E-state index in [0.29, 0.717) is 11.3 Å². The number of hydrogen-bond donors (Lipinski definition) is 1. The fourth-order valence-corrected chi connectivity index (χ4v) is 1.57. The molecule has 0 amide bonds. The molecule has 0 aromatic heterocycles. The molecule has 2 nitrogen and oxygen atoms in total. The van der Waals surface area contributed by atoms with Crippen molar-refractivity contribution in [2.75, 3.05) is 6.61 Å². The first-order valence-corrected chi connectivity index (χ1v) is 5.78. The topological polar surface area (TPSA) is 29.5 Å². The van der Waals surface area contributed by atoms with E-state index in [2.05, 4.69) is 0 Å². The van der Waals surface area contributed by atoms with Gasteiger partial charge in [0.25, 0.3) is 0 Å². The molecule has 0 fully saturated rings. The van der Waals surface area contributed by atoms with E-state index in [4.69, 9.17) is 4.74 Å². The van der Waals surface area contributed by atoms with Crippen molar-refractivity contribution in [3.8, 4) is 5.75 Å². The van der Waals surface area contributed by atoms with Gasteiger partial charge in [0.2, 0.25) is 0 Å². The van der Waals surface area contributed by atoms with Crippen LogP contribution in [-0.4, -0.2) is 17.9 Å². The van der Waals surface area contributed by atoms with Crippen LogP contribution < -0.4 is 4.74 Å². The lowest BCUT2D eigenvalue weighted by atomic mass is 10.1. The second-order valence-electron chi connectivity index (χ2n) is 4.28. The summed E-state index contributed by atoms with van der Waals surface area (Å²) in [5, 5.41) is 9.52. The van der Waals surface area contributed by atoms with Crippen molar-refractivity contribution in [3.05, 3.63) is 29.3 Å². The highest BCUT2D eigenvalue weighted by molar-refractivity contribution is 5.38. The SMILES string of the molecule is Cc1ccc([C@@H](C)O)c(OCCCC(F)(F)F)c1. The lowest BCUT2D eigenvalue weighted by molar-refractivity contribution is -0.136. The van der Waals surface area contributed by atoms with Gasteiger partial charge in [-0.1, -0.05) is 12.1 Å². The molecule has 1 rings (SSSR count). The second kappa shape index (κ2) is 6.09. The van der Waals surface area contributed by atoms with E-state index >= 15 is 0 Å². The maximum absolute atomic E-state index is 12.0. The smallest absolute Gasteiger partial charge is 0.389 e. The van der Waals surface area contributed by atoms with E-state index in [1.54, 1.807) is 19.1 Å². The molecule has 102 valence electrons. The summed E-state index contributed by atoms with van der Waals surface area (Å²) in [6, 6.07) is 5.26. The molecule has 0 aliphatic carbocycles. The Hall–Kier alpha value is -1.23. The summed E-state index contributed by atoms with van der Waals surface area (Å²) in [7, 11) is 0. The molecule has 0 spiro atoms. The Morgan fingerprint density at radius 1 is 1.33 bits per heavy atom. The number of aryl methyl sites for hydroxylation is 1. The van der Waals surface area contributed by atoms with Crippen LogP contribution in [0.3, 0.4) is 0 Å². The number of aliphatic hydroxyl groups excluding tert-OH is 1. The molecular formula is C13H17F3O2. The van der Waals surface area contributed by atoms with Crippen molar-refractivity contribution >= 4 is 0 Å². The lowest BCUT2D eigenvalue weighted by Crippen LogP contribution is -2.10. The van der Waals surface area contributed by atoms with Crippen molar-refractivity contribution < 1.29 is 23.0 Å². The third-order valence-electron chi connectivity index (χ3n) is 2.48. The zero-order chi connectivity index (χ0) is 13.8. The summed E-state index contributed by atoms with van der Waals surface area (Å²) in [6.07, 6.45) is -5.80. The van der Waals surface area contributed by atoms with Gasteiger partial charge in [0.1, 0.15) is 5.75 Å². The number of benzene rings is 1. The molecule has 0 saturated carbocycles. The zero-order valence-corrected chi connectivity index (χ0v) is 10.4. The molecule has 1 aromatic rings. The van der Waals surface area contributed by atoms with Crippen LogP contribution in [-0.2, 0) is 0 Å². The molecular weight excluding hydrogens is 245 g/mol. The van der Waals surface area contributed by atoms with Crippen LogP contribution in [0.4, 0.5) is 13.2 Å². The molecule has 0 aliphatic heterocycles. The molecule has 0 aliphatic rings. The van der Waals surface area contributed by atoms with Crippen LogP contribution in [0.2, 0.25) is 0 Å². The Bertz CT molecular complexity index is 386. The Labute approximate surface area is 104 Å². The minimum Gasteiger partial charge on any atom is -0.493 e. The normalized spacial score (nSPS) is 13.4. The second-order valence-corrected chi connectivity index (χ2v) is 4.28. The van der Waals surface area contributed by atoms with Crippen molar-refractivity contribution in [3.63, 3.8) is 0 Å². The average Bonchev–Trinajstić information content (AvgIpc) is 2.22. The Balaban J connectivity index is 2.58. The van der Waals surface area contributed by atoms with E-state index < -0.39 is 18.7 Å². The minimum absolute atomic E-state index is 0.0112. The fraction of sp³-hybridized carbons (Fsp3) is 0.538. The summed E-state index contributed by atoms with van der Waals surface area (Å²) >= 11 is 0. The molecule has 0 heterocycles. The number of ether oxygens (including phenoxy) is 1. The maximum atomic E-state index is 12.0. The summed E-state index contributed by atoms with van der Waals surface area (Å²) in [4.78, 5) is 0. The van der Waals surface area contributed by atoms with Gasteiger partial charge in [-0.15, -0.1) is 0 Å². The van der Waals surface area contributed by atoms with Gasteiger partial charge < -0.3 is 9.84 Å². The third-order valence-corrected chi connectivity index (χ3v) is 2.48. The van der Waals surface area contributed by atoms with E-state index in [1.807, 2.05) is 13.0 Å². The number of rotatable bonds is 5. The predicted octanol–water partition coefficient (Wildman–Crippen LogP) is 3.77. The Kier molecular flexibility index (Phi) is 5.02. The van der Waals surface area contributed by atoms with Crippen LogP contribution in [0.15, 0.2) is 18.2 Å². The summed E-state index contributed by atoms with van der Waals surface area (Å²) in [5.41, 5.74) is 1.53. The summed E-state index contributed by atoms with van der Waals surface area (Å²) < 4.78 is 41.2. The fourth-order valence-electron chi connectivity index (χ4n) is 1.57. The highest BCUT2D eigenvalue weighted by atomic mass is 19.4. The van der Waals surface area contributed by atoms with E-state index in [1.165, 1.54) is 0 Å². The third kappa shape index (κ3) is 4.96. The predicted molar refractivity (Wildman–Crippen MR) is 62.6 cm³/mol. The molecule has 1 N–H and O–H groups in total. The van der Waals surface area contributed by atoms with Crippen LogP contribution in [0.5, 0.6) is 5.75 Å². The molecule has 1 aromatic carbocycles. The monoisotopic (exact) mass is 262 g/mol. The van der Waals surface area contributed by atoms with E-state index in [9.17, 15) is 18.3 Å². The zero-order valence-electron chi connectivity index (χ0n) is 10.4. The van der Waals surface area contributed by atoms with E-state index in [-0.39, 0.29) is 13.0 Å². The maximum Gasteiger partial charge on any atom is 0.389 e. The highest BCUT2D eigenvalue weighted by Gasteiger charge is 2.26. The van der Waals surface area contributed by atoms with Crippen LogP contribution in [0, 0.1) is 6.92 Å². The van der Waals surface area contributed by atoms with E-state index in [0.717, 1.165) is 5.56 Å². The molecule has 18 heavy (non-hydrogen) atoms. The Morgan fingerprint density at radius 3 is 2.56 bits per heavy atom. The molecule has 0 radical (unpaired) electrons. The standard InChI is InChI=1S/C13H17F3O2/c1-9-4-5-11(10(2)17)12(8-9)18-7-3-6-13(14,15)16/h4-5,8,10,17H,3,6-7H2,1-2H3/t10-/m1/s1. The molecule has 0 bridgehead atoms. The lowest BCUT2D eigenvalue weighted by Gasteiger charge is -2.14. The van der Waals surface area contributed by atoms with Crippen LogP contribution >= 0.6 is 0 Å². The first-order chi connectivity index (χ1) is 8.29. The minimum atomic E-state index is -4.15. The number of halogens is 3. The highest BCUT2D eigenvalue weighted by Crippen LogP contribution is 2.27. The summed E-state index contributed by atoms with van der Waals surface area (Å²) in [6.45, 7) is 3.43. The number of hydrogen-bond acceptors (Lipinski definition) is 2. The van der Waals surface area contributed by atoms with Gasteiger partial charge in [-0.3, -0.25) is 0 Å². The first kappa shape index (κ1) is 14.8. The van der Waals surface area contributed by atoms with Gasteiger partial charge in [-0.25, -0.2) is 0 Å². The largest absolute Gasteiger partial charge is 0.493 e. The van der Waals surface area contributed by atoms with Crippen molar-refractivity contribution in [1.82, 2.24) is 0 Å². The average molecular weight is 262 g/mol. The Morgan fingerprint density at radius 2 is 2.00 bits per heavy atom. The van der Waals surface area contributed by atoms with Gasteiger partial charge in [-0.05, 0) is 31.9 Å². The van der Waals surface area contributed by atoms with Gasteiger partial charge in [0.05, 0.1) is 12.7 Å². The molecule has 0 unspecified atom stereocenters. The molecule has 1 atom stereocenters. The van der Waals surface area contributed by atoms with Crippen LogP contribution in [0.25, 0.3) is 0 Å². The summed E-state index contributed by atoms with van der Waals surface area (Å²) in [5.74, 6) is 0.451.